The van der Waals surface area contributed by atoms with Gasteiger partial charge in [-0.1, -0.05) is 12.1 Å². The summed E-state index contributed by atoms with van der Waals surface area (Å²) >= 11 is 0. The number of hydrogen-bond donors (Lipinski definition) is 1. The Morgan fingerprint density at radius 3 is 2.82 bits per heavy atom. The van der Waals surface area contributed by atoms with Crippen molar-refractivity contribution in [1.82, 2.24) is 4.57 Å². The van der Waals surface area contributed by atoms with Crippen LogP contribution in [0.2, 0.25) is 0 Å². The molecule has 0 spiro atoms. The maximum absolute atomic E-state index is 13.6. The molecule has 1 heterocycles. The predicted molar refractivity (Wildman–Crippen MR) is 65.4 cm³/mol. The molecule has 0 unspecified atom stereocenters. The first-order valence-electron chi connectivity index (χ1n) is 5.28. The van der Waals surface area contributed by atoms with Crippen LogP contribution in [0.15, 0.2) is 41.3 Å². The minimum Gasteiger partial charge on any atom is -0.399 e. The van der Waals surface area contributed by atoms with Crippen LogP contribution in [0.3, 0.4) is 0 Å². The van der Waals surface area contributed by atoms with E-state index in [4.69, 9.17) is 5.73 Å². The van der Waals surface area contributed by atoms with E-state index >= 15 is 0 Å². The molecule has 0 fully saturated rings. The number of benzene rings is 1. The van der Waals surface area contributed by atoms with Crippen LogP contribution in [0.1, 0.15) is 11.1 Å². The van der Waals surface area contributed by atoms with Crippen LogP contribution in [0, 0.1) is 12.7 Å². The van der Waals surface area contributed by atoms with Crippen molar-refractivity contribution < 1.29 is 4.39 Å². The van der Waals surface area contributed by atoms with E-state index in [1.807, 2.05) is 0 Å². The topological polar surface area (TPSA) is 48.0 Å². The van der Waals surface area contributed by atoms with Crippen molar-refractivity contribution in [2.24, 2.45) is 0 Å². The number of anilines is 1. The fourth-order valence-corrected chi connectivity index (χ4v) is 1.66. The van der Waals surface area contributed by atoms with Crippen LogP contribution in [0.4, 0.5) is 10.1 Å². The Bertz CT molecular complexity index is 605. The van der Waals surface area contributed by atoms with Crippen molar-refractivity contribution in [3.8, 4) is 0 Å². The molecule has 0 aliphatic rings. The van der Waals surface area contributed by atoms with Crippen LogP contribution < -0.4 is 11.3 Å². The highest BCUT2D eigenvalue weighted by Crippen LogP contribution is 2.12. The van der Waals surface area contributed by atoms with E-state index in [-0.39, 0.29) is 12.1 Å². The summed E-state index contributed by atoms with van der Waals surface area (Å²) in [6.07, 6.45) is 1.64. The van der Waals surface area contributed by atoms with Crippen LogP contribution in [0.5, 0.6) is 0 Å². The van der Waals surface area contributed by atoms with E-state index in [0.29, 0.717) is 16.8 Å². The summed E-state index contributed by atoms with van der Waals surface area (Å²) in [5, 5.41) is 0. The molecule has 17 heavy (non-hydrogen) atoms. The number of nitrogens with two attached hydrogens (primary N) is 1. The molecule has 0 aliphatic carbocycles. The molecule has 2 N–H and O–H groups in total. The Hall–Kier alpha value is -2.10. The lowest BCUT2D eigenvalue weighted by atomic mass is 10.2. The molecule has 4 heteroatoms. The zero-order valence-corrected chi connectivity index (χ0v) is 9.48. The number of halogens is 1. The van der Waals surface area contributed by atoms with Crippen molar-refractivity contribution in [2.45, 2.75) is 13.5 Å². The molecular weight excluding hydrogens is 219 g/mol. The van der Waals surface area contributed by atoms with E-state index in [0.717, 1.165) is 0 Å². The lowest BCUT2D eigenvalue weighted by Gasteiger charge is -2.08. The van der Waals surface area contributed by atoms with Crippen molar-refractivity contribution in [3.05, 3.63) is 63.8 Å². The number of aryl methyl sites for hydroxylation is 1. The van der Waals surface area contributed by atoms with Gasteiger partial charge in [0.25, 0.3) is 5.56 Å². The van der Waals surface area contributed by atoms with Crippen LogP contribution in [0.25, 0.3) is 0 Å². The predicted octanol–water partition coefficient (Wildman–Crippen LogP) is 1.93. The smallest absolute Gasteiger partial charge is 0.253 e. The van der Waals surface area contributed by atoms with Gasteiger partial charge in [-0.3, -0.25) is 4.79 Å². The summed E-state index contributed by atoms with van der Waals surface area (Å²) in [4.78, 5) is 11.8. The molecule has 88 valence electrons. The van der Waals surface area contributed by atoms with Gasteiger partial charge in [-0.05, 0) is 25.1 Å². The number of nitrogens with zero attached hydrogens (tertiary/aromatic N) is 1. The minimum atomic E-state index is -0.390. The summed E-state index contributed by atoms with van der Waals surface area (Å²) in [6, 6.07) is 7.99. The van der Waals surface area contributed by atoms with Gasteiger partial charge < -0.3 is 10.3 Å². The SMILES string of the molecule is Cc1cccn(Cc2ccc(N)cc2F)c1=O. The zero-order chi connectivity index (χ0) is 12.4. The Balaban J connectivity index is 2.38. The lowest BCUT2D eigenvalue weighted by Crippen LogP contribution is -2.22. The monoisotopic (exact) mass is 232 g/mol. The zero-order valence-electron chi connectivity index (χ0n) is 9.48. The Labute approximate surface area is 98.3 Å². The van der Waals surface area contributed by atoms with Crippen LogP contribution in [-0.4, -0.2) is 4.57 Å². The van der Waals surface area contributed by atoms with Crippen molar-refractivity contribution in [2.75, 3.05) is 5.73 Å². The van der Waals surface area contributed by atoms with Crippen molar-refractivity contribution >= 4 is 5.69 Å². The second kappa shape index (κ2) is 4.41. The first kappa shape index (κ1) is 11.4. The van der Waals surface area contributed by atoms with E-state index in [1.54, 1.807) is 37.4 Å². The molecule has 0 amide bonds. The average molecular weight is 232 g/mol. The lowest BCUT2D eigenvalue weighted by molar-refractivity contribution is 0.596. The molecule has 0 bridgehead atoms. The third-order valence-corrected chi connectivity index (χ3v) is 2.63. The summed E-state index contributed by atoms with van der Waals surface area (Å²) in [6.45, 7) is 1.95. The molecule has 0 saturated carbocycles. The minimum absolute atomic E-state index is 0.108. The highest BCUT2D eigenvalue weighted by Gasteiger charge is 2.05. The standard InChI is InChI=1S/C13H13FN2O/c1-9-3-2-6-16(13(9)17)8-10-4-5-11(15)7-12(10)14/h2-7H,8,15H2,1H3. The van der Waals surface area contributed by atoms with Crippen molar-refractivity contribution in [1.29, 1.82) is 0 Å². The highest BCUT2D eigenvalue weighted by molar-refractivity contribution is 5.40. The van der Waals surface area contributed by atoms with Crippen LogP contribution >= 0.6 is 0 Å². The molecule has 0 aliphatic heterocycles. The number of rotatable bonds is 2. The van der Waals surface area contributed by atoms with Gasteiger partial charge in [-0.15, -0.1) is 0 Å². The van der Waals surface area contributed by atoms with Gasteiger partial charge in [0, 0.05) is 23.0 Å². The van der Waals surface area contributed by atoms with Gasteiger partial charge in [0.1, 0.15) is 5.82 Å². The summed E-state index contributed by atoms with van der Waals surface area (Å²) in [7, 11) is 0. The quantitative estimate of drug-likeness (QED) is 0.804. The van der Waals surface area contributed by atoms with Crippen LogP contribution in [-0.2, 0) is 6.54 Å². The highest BCUT2D eigenvalue weighted by atomic mass is 19.1. The first-order chi connectivity index (χ1) is 8.08. The number of hydrogen-bond acceptors (Lipinski definition) is 2. The summed E-state index contributed by atoms with van der Waals surface area (Å²) in [5.74, 6) is -0.390. The number of aromatic nitrogens is 1. The summed E-state index contributed by atoms with van der Waals surface area (Å²) < 4.78 is 15.0. The molecule has 0 atom stereocenters. The third kappa shape index (κ3) is 2.36. The van der Waals surface area contributed by atoms with E-state index in [1.165, 1.54) is 10.6 Å². The molecule has 3 nitrogen and oxygen atoms in total. The van der Waals surface area contributed by atoms with E-state index in [2.05, 4.69) is 0 Å². The fourth-order valence-electron chi connectivity index (χ4n) is 1.66. The van der Waals surface area contributed by atoms with E-state index < -0.39 is 5.82 Å². The average Bonchev–Trinajstić information content (AvgIpc) is 2.28. The molecule has 2 aromatic rings. The van der Waals surface area contributed by atoms with E-state index in [9.17, 15) is 9.18 Å². The number of pyridine rings is 1. The van der Waals surface area contributed by atoms with Crippen molar-refractivity contribution in [3.63, 3.8) is 0 Å². The van der Waals surface area contributed by atoms with Gasteiger partial charge in [0.15, 0.2) is 0 Å². The normalized spacial score (nSPS) is 10.5. The second-order valence-electron chi connectivity index (χ2n) is 3.98. The maximum Gasteiger partial charge on any atom is 0.253 e. The Kier molecular flexibility index (Phi) is 2.95. The molecule has 0 saturated heterocycles. The van der Waals surface area contributed by atoms with Gasteiger partial charge in [0.05, 0.1) is 6.54 Å². The summed E-state index contributed by atoms with van der Waals surface area (Å²) in [5.41, 5.74) is 6.83. The largest absolute Gasteiger partial charge is 0.399 e. The molecule has 1 aromatic heterocycles. The van der Waals surface area contributed by atoms with Gasteiger partial charge >= 0.3 is 0 Å². The third-order valence-electron chi connectivity index (χ3n) is 2.63. The van der Waals surface area contributed by atoms with Gasteiger partial charge in [0.2, 0.25) is 0 Å². The second-order valence-corrected chi connectivity index (χ2v) is 3.98. The Morgan fingerprint density at radius 2 is 2.12 bits per heavy atom. The Morgan fingerprint density at radius 1 is 1.35 bits per heavy atom. The molecule has 1 aromatic carbocycles. The van der Waals surface area contributed by atoms with Gasteiger partial charge in [-0.25, -0.2) is 4.39 Å². The van der Waals surface area contributed by atoms with Gasteiger partial charge in [-0.2, -0.15) is 0 Å². The molecule has 0 radical (unpaired) electrons. The molecular formula is C13H13FN2O. The first-order valence-corrected chi connectivity index (χ1v) is 5.28. The maximum atomic E-state index is 13.6. The number of nitrogen functional groups attached to an aromatic ring is 1. The fraction of sp³-hybridized carbons (Fsp3) is 0.154. The molecule has 2 rings (SSSR count).